The fraction of sp³-hybridized carbons (Fsp3) is 0.944. The van der Waals surface area contributed by atoms with Crippen LogP contribution in [-0.4, -0.2) is 80.8 Å². The highest BCUT2D eigenvalue weighted by atomic mass is 127. The molecule has 3 unspecified atom stereocenters. The van der Waals surface area contributed by atoms with Crippen molar-refractivity contribution in [3.63, 3.8) is 0 Å². The molecule has 2 fully saturated rings. The van der Waals surface area contributed by atoms with E-state index in [4.69, 9.17) is 0 Å². The Morgan fingerprint density at radius 3 is 2.37 bits per heavy atom. The summed E-state index contributed by atoms with van der Waals surface area (Å²) in [5.74, 6) is 2.22. The Hall–Kier alpha value is -0.290. The van der Waals surface area contributed by atoms with Gasteiger partial charge in [-0.15, -0.1) is 24.0 Å². The Bertz CT molecular complexity index is 451. The maximum atomic E-state index is 12.5. The summed E-state index contributed by atoms with van der Waals surface area (Å²) in [4.78, 5) is 8.18. The molecule has 0 amide bonds. The van der Waals surface area contributed by atoms with Gasteiger partial charge in [-0.05, 0) is 37.6 Å². The molecule has 27 heavy (non-hydrogen) atoms. The zero-order valence-electron chi connectivity index (χ0n) is 16.7. The molecule has 0 bridgehead atoms. The van der Waals surface area contributed by atoms with Gasteiger partial charge >= 0.3 is 6.18 Å². The van der Waals surface area contributed by atoms with E-state index < -0.39 is 12.7 Å². The van der Waals surface area contributed by atoms with Crippen LogP contribution in [0.3, 0.4) is 0 Å². The minimum absolute atomic E-state index is 0. The third-order valence-electron chi connectivity index (χ3n) is 5.13. The predicted molar refractivity (Wildman–Crippen MR) is 115 cm³/mol. The third-order valence-corrected chi connectivity index (χ3v) is 5.13. The van der Waals surface area contributed by atoms with Gasteiger partial charge in [0.1, 0.15) is 0 Å². The van der Waals surface area contributed by atoms with Crippen molar-refractivity contribution < 1.29 is 13.2 Å². The number of guanidine groups is 1. The van der Waals surface area contributed by atoms with Crippen molar-refractivity contribution >= 4 is 29.9 Å². The van der Waals surface area contributed by atoms with Gasteiger partial charge in [-0.2, -0.15) is 13.2 Å². The van der Waals surface area contributed by atoms with Crippen LogP contribution >= 0.6 is 24.0 Å². The van der Waals surface area contributed by atoms with E-state index in [0.29, 0.717) is 25.5 Å². The number of piperidine rings is 1. The number of likely N-dealkylation sites (tertiary alicyclic amines) is 2. The van der Waals surface area contributed by atoms with Gasteiger partial charge in [0.05, 0.1) is 6.54 Å². The number of alkyl halides is 3. The summed E-state index contributed by atoms with van der Waals surface area (Å²) in [5.41, 5.74) is 0. The summed E-state index contributed by atoms with van der Waals surface area (Å²) in [7, 11) is 1.70. The lowest BCUT2D eigenvalue weighted by Crippen LogP contribution is -2.46. The van der Waals surface area contributed by atoms with Gasteiger partial charge in [0.25, 0.3) is 0 Å². The lowest BCUT2D eigenvalue weighted by Gasteiger charge is -2.35. The highest BCUT2D eigenvalue weighted by molar-refractivity contribution is 14.0. The monoisotopic (exact) mass is 505 g/mol. The van der Waals surface area contributed by atoms with E-state index in [1.807, 2.05) is 0 Å². The quantitative estimate of drug-likeness (QED) is 0.252. The summed E-state index contributed by atoms with van der Waals surface area (Å²) in [6.07, 6.45) is -1.07. The molecule has 2 N–H and O–H groups in total. The molecule has 5 nitrogen and oxygen atoms in total. The van der Waals surface area contributed by atoms with Crippen molar-refractivity contribution in [3.05, 3.63) is 0 Å². The van der Waals surface area contributed by atoms with Crippen LogP contribution in [0.4, 0.5) is 13.2 Å². The maximum Gasteiger partial charge on any atom is 0.401 e. The van der Waals surface area contributed by atoms with Gasteiger partial charge in [0.15, 0.2) is 5.96 Å². The summed E-state index contributed by atoms with van der Waals surface area (Å²) in [6, 6.07) is 0.0207. The smallest absolute Gasteiger partial charge is 0.356 e. The molecule has 9 heteroatoms. The van der Waals surface area contributed by atoms with Gasteiger partial charge in [-0.3, -0.25) is 9.89 Å². The van der Waals surface area contributed by atoms with Gasteiger partial charge in [-0.25, -0.2) is 0 Å². The number of nitrogens with one attached hydrogen (secondary N) is 2. The average molecular weight is 505 g/mol. The van der Waals surface area contributed by atoms with Crippen LogP contribution in [-0.2, 0) is 0 Å². The molecular weight excluding hydrogens is 470 g/mol. The van der Waals surface area contributed by atoms with E-state index in [9.17, 15) is 13.2 Å². The van der Waals surface area contributed by atoms with Crippen LogP contribution < -0.4 is 10.6 Å². The molecule has 0 radical (unpaired) electrons. The summed E-state index contributed by atoms with van der Waals surface area (Å²) in [5, 5.41) is 6.54. The van der Waals surface area contributed by atoms with Crippen molar-refractivity contribution in [2.45, 2.75) is 45.3 Å². The number of rotatable bonds is 6. The van der Waals surface area contributed by atoms with Crippen LogP contribution in [0.2, 0.25) is 0 Å². The molecule has 0 spiro atoms. The van der Waals surface area contributed by atoms with Crippen LogP contribution in [0.15, 0.2) is 4.99 Å². The van der Waals surface area contributed by atoms with Crippen molar-refractivity contribution in [3.8, 4) is 0 Å². The molecule has 0 aliphatic carbocycles. The summed E-state index contributed by atoms with van der Waals surface area (Å²) >= 11 is 0. The molecule has 0 aromatic carbocycles. The van der Waals surface area contributed by atoms with E-state index in [1.54, 1.807) is 7.05 Å². The van der Waals surface area contributed by atoms with Crippen LogP contribution in [0.5, 0.6) is 0 Å². The Morgan fingerprint density at radius 1 is 1.11 bits per heavy atom. The zero-order valence-corrected chi connectivity index (χ0v) is 19.0. The average Bonchev–Trinajstić information content (AvgIpc) is 2.94. The lowest BCUT2D eigenvalue weighted by molar-refractivity contribution is -0.143. The molecule has 160 valence electrons. The Balaban J connectivity index is 0.00000364. The van der Waals surface area contributed by atoms with E-state index in [0.717, 1.165) is 31.3 Å². The molecule has 2 saturated heterocycles. The van der Waals surface area contributed by atoms with Crippen molar-refractivity contribution in [1.82, 2.24) is 20.4 Å². The summed E-state index contributed by atoms with van der Waals surface area (Å²) < 4.78 is 37.4. The van der Waals surface area contributed by atoms with E-state index in [2.05, 4.69) is 34.4 Å². The van der Waals surface area contributed by atoms with Crippen LogP contribution in [0.25, 0.3) is 0 Å². The zero-order chi connectivity index (χ0) is 19.2. The molecule has 0 aromatic heterocycles. The van der Waals surface area contributed by atoms with E-state index in [-0.39, 0.29) is 30.0 Å². The SMILES string of the molecule is CN=C(NCCCN1CC(C)CC(C)C1)NC1CCN(CC(F)(F)F)C1.I. The first kappa shape index (κ1) is 24.7. The molecule has 2 aliphatic rings. The first-order valence-corrected chi connectivity index (χ1v) is 9.74. The number of aliphatic imine (C=N–C) groups is 1. The summed E-state index contributed by atoms with van der Waals surface area (Å²) in [6.45, 7) is 8.92. The minimum atomic E-state index is -4.13. The van der Waals surface area contributed by atoms with Crippen LogP contribution in [0.1, 0.15) is 33.1 Å². The first-order valence-electron chi connectivity index (χ1n) is 9.74. The third kappa shape index (κ3) is 9.65. The number of hydrogen-bond acceptors (Lipinski definition) is 3. The largest absolute Gasteiger partial charge is 0.401 e. The number of halogens is 4. The second-order valence-electron chi connectivity index (χ2n) is 8.04. The van der Waals surface area contributed by atoms with Crippen LogP contribution in [0, 0.1) is 11.8 Å². The molecule has 2 rings (SSSR count). The molecule has 2 heterocycles. The first-order chi connectivity index (χ1) is 12.2. The predicted octanol–water partition coefficient (Wildman–Crippen LogP) is 2.77. The van der Waals surface area contributed by atoms with E-state index >= 15 is 0 Å². The minimum Gasteiger partial charge on any atom is -0.356 e. The second kappa shape index (κ2) is 11.6. The molecule has 0 saturated carbocycles. The highest BCUT2D eigenvalue weighted by Crippen LogP contribution is 2.21. The second-order valence-corrected chi connectivity index (χ2v) is 8.04. The number of hydrogen-bond donors (Lipinski definition) is 2. The van der Waals surface area contributed by atoms with Gasteiger partial charge in [-0.1, -0.05) is 13.8 Å². The molecular formula is C18H35F3IN5. The fourth-order valence-electron chi connectivity index (χ4n) is 4.22. The molecule has 0 aromatic rings. The van der Waals surface area contributed by atoms with Crippen molar-refractivity contribution in [1.29, 1.82) is 0 Å². The maximum absolute atomic E-state index is 12.5. The van der Waals surface area contributed by atoms with Crippen molar-refractivity contribution in [2.24, 2.45) is 16.8 Å². The Morgan fingerprint density at radius 2 is 1.78 bits per heavy atom. The normalized spacial score (nSPS) is 28.1. The van der Waals surface area contributed by atoms with Gasteiger partial charge < -0.3 is 15.5 Å². The topological polar surface area (TPSA) is 42.9 Å². The highest BCUT2D eigenvalue weighted by Gasteiger charge is 2.34. The van der Waals surface area contributed by atoms with Gasteiger partial charge in [0, 0.05) is 45.8 Å². The number of nitrogens with zero attached hydrogens (tertiary/aromatic N) is 3. The van der Waals surface area contributed by atoms with Crippen molar-refractivity contribution in [2.75, 3.05) is 52.9 Å². The Kier molecular flexibility index (Phi) is 10.7. The van der Waals surface area contributed by atoms with Gasteiger partial charge in [0.2, 0.25) is 0 Å². The lowest BCUT2D eigenvalue weighted by atomic mass is 9.92. The molecule has 2 aliphatic heterocycles. The molecule has 3 atom stereocenters. The van der Waals surface area contributed by atoms with E-state index in [1.165, 1.54) is 24.4 Å². The standard InChI is InChI=1S/C18H34F3N5.HI/c1-14-9-15(2)11-25(10-14)7-4-6-23-17(22-3)24-16-5-8-26(12-16)13-18(19,20)21;/h14-16H,4-13H2,1-3H3,(H2,22,23,24);1H. The fourth-order valence-corrected chi connectivity index (χ4v) is 4.22. The Labute approximate surface area is 178 Å².